The summed E-state index contributed by atoms with van der Waals surface area (Å²) in [4.78, 5) is 0. The molecule has 52 valence electrons. The highest BCUT2D eigenvalue weighted by atomic mass is 79.9. The Bertz CT molecular complexity index is 243. The SMILES string of the molecule is Brc1ccccc1[C@H]1CO1. The fourth-order valence-electron chi connectivity index (χ4n) is 0.964. The monoisotopic (exact) mass is 198 g/mol. The van der Waals surface area contributed by atoms with Crippen LogP contribution in [0.4, 0.5) is 0 Å². The molecule has 2 heteroatoms. The molecule has 0 N–H and O–H groups in total. The Balaban J connectivity index is 2.39. The van der Waals surface area contributed by atoms with Crippen LogP contribution in [0.5, 0.6) is 0 Å². The zero-order valence-electron chi connectivity index (χ0n) is 5.38. The van der Waals surface area contributed by atoms with E-state index >= 15 is 0 Å². The van der Waals surface area contributed by atoms with Gasteiger partial charge in [-0.15, -0.1) is 0 Å². The highest BCUT2D eigenvalue weighted by molar-refractivity contribution is 9.10. The first-order chi connectivity index (χ1) is 4.88. The highest BCUT2D eigenvalue weighted by Crippen LogP contribution is 2.34. The van der Waals surface area contributed by atoms with Gasteiger partial charge in [-0.25, -0.2) is 0 Å². The summed E-state index contributed by atoms with van der Waals surface area (Å²) in [6.45, 7) is 0.878. The Morgan fingerprint density at radius 1 is 1.40 bits per heavy atom. The Morgan fingerprint density at radius 3 is 2.70 bits per heavy atom. The van der Waals surface area contributed by atoms with Gasteiger partial charge in [0.05, 0.1) is 6.61 Å². The van der Waals surface area contributed by atoms with Crippen molar-refractivity contribution in [1.29, 1.82) is 0 Å². The molecule has 1 aliphatic rings. The first kappa shape index (κ1) is 6.38. The summed E-state index contributed by atoms with van der Waals surface area (Å²) in [5, 5.41) is 0. The molecule has 2 rings (SSSR count). The Labute approximate surface area is 68.1 Å². The summed E-state index contributed by atoms with van der Waals surface area (Å²) in [7, 11) is 0. The van der Waals surface area contributed by atoms with Crippen molar-refractivity contribution in [3.8, 4) is 0 Å². The summed E-state index contributed by atoms with van der Waals surface area (Å²) in [6, 6.07) is 8.16. The van der Waals surface area contributed by atoms with Crippen molar-refractivity contribution in [1.82, 2.24) is 0 Å². The third-order valence-electron chi connectivity index (χ3n) is 1.59. The van der Waals surface area contributed by atoms with Crippen molar-refractivity contribution in [3.05, 3.63) is 34.3 Å². The molecule has 10 heavy (non-hydrogen) atoms. The van der Waals surface area contributed by atoms with Crippen LogP contribution in [0.1, 0.15) is 11.7 Å². The first-order valence-corrected chi connectivity index (χ1v) is 4.03. The second-order valence-electron chi connectivity index (χ2n) is 2.34. The minimum Gasteiger partial charge on any atom is -0.368 e. The van der Waals surface area contributed by atoms with Crippen LogP contribution < -0.4 is 0 Å². The van der Waals surface area contributed by atoms with Gasteiger partial charge in [0.15, 0.2) is 0 Å². The maximum absolute atomic E-state index is 5.15. The van der Waals surface area contributed by atoms with Gasteiger partial charge in [0.2, 0.25) is 0 Å². The minimum atomic E-state index is 0.357. The molecule has 1 heterocycles. The molecular weight excluding hydrogens is 192 g/mol. The lowest BCUT2D eigenvalue weighted by atomic mass is 10.2. The summed E-state index contributed by atoms with van der Waals surface area (Å²) < 4.78 is 6.30. The maximum atomic E-state index is 5.15. The Morgan fingerprint density at radius 2 is 2.10 bits per heavy atom. The van der Waals surface area contributed by atoms with E-state index in [0.717, 1.165) is 11.1 Å². The van der Waals surface area contributed by atoms with Crippen molar-refractivity contribution in [2.75, 3.05) is 6.61 Å². The van der Waals surface area contributed by atoms with Crippen molar-refractivity contribution < 1.29 is 4.74 Å². The number of halogens is 1. The molecular formula is C8H7BrO. The van der Waals surface area contributed by atoms with Gasteiger partial charge in [0, 0.05) is 4.47 Å². The minimum absolute atomic E-state index is 0.357. The Kier molecular flexibility index (Phi) is 1.51. The van der Waals surface area contributed by atoms with Gasteiger partial charge in [-0.1, -0.05) is 34.1 Å². The standard InChI is InChI=1S/C8H7BrO/c9-7-4-2-1-3-6(7)8-5-10-8/h1-4,8H,5H2/t8-/m1/s1. The number of hydrogen-bond donors (Lipinski definition) is 0. The third kappa shape index (κ3) is 1.09. The molecule has 1 aliphatic heterocycles. The molecule has 0 aliphatic carbocycles. The van der Waals surface area contributed by atoms with E-state index in [1.54, 1.807) is 0 Å². The van der Waals surface area contributed by atoms with E-state index in [9.17, 15) is 0 Å². The highest BCUT2D eigenvalue weighted by Gasteiger charge is 2.26. The summed E-state index contributed by atoms with van der Waals surface area (Å²) in [5.41, 5.74) is 1.27. The summed E-state index contributed by atoms with van der Waals surface area (Å²) in [5.74, 6) is 0. The summed E-state index contributed by atoms with van der Waals surface area (Å²) >= 11 is 3.46. The molecule has 1 atom stereocenters. The van der Waals surface area contributed by atoms with Crippen molar-refractivity contribution in [2.24, 2.45) is 0 Å². The number of rotatable bonds is 1. The molecule has 0 amide bonds. The lowest BCUT2D eigenvalue weighted by Crippen LogP contribution is -1.80. The lowest BCUT2D eigenvalue weighted by Gasteiger charge is -1.96. The molecule has 0 radical (unpaired) electrons. The van der Waals surface area contributed by atoms with Crippen molar-refractivity contribution in [2.45, 2.75) is 6.10 Å². The van der Waals surface area contributed by atoms with Crippen LogP contribution in [0.2, 0.25) is 0 Å². The molecule has 0 saturated carbocycles. The van der Waals surface area contributed by atoms with Crippen LogP contribution in [0.3, 0.4) is 0 Å². The number of epoxide rings is 1. The average Bonchev–Trinajstić information content (AvgIpc) is 2.71. The van der Waals surface area contributed by atoms with E-state index in [1.165, 1.54) is 5.56 Å². The first-order valence-electron chi connectivity index (χ1n) is 3.24. The molecule has 0 spiro atoms. The topological polar surface area (TPSA) is 12.5 Å². The molecule has 1 saturated heterocycles. The molecule has 0 unspecified atom stereocenters. The average molecular weight is 199 g/mol. The molecule has 0 aromatic heterocycles. The maximum Gasteiger partial charge on any atom is 0.107 e. The van der Waals surface area contributed by atoms with Gasteiger partial charge in [-0.3, -0.25) is 0 Å². The quantitative estimate of drug-likeness (QED) is 0.633. The predicted molar refractivity (Wildman–Crippen MR) is 42.8 cm³/mol. The number of ether oxygens (including phenoxy) is 1. The second kappa shape index (κ2) is 2.36. The van der Waals surface area contributed by atoms with E-state index in [4.69, 9.17) is 4.74 Å². The van der Waals surface area contributed by atoms with Gasteiger partial charge in [0.1, 0.15) is 6.10 Å². The van der Waals surface area contributed by atoms with Gasteiger partial charge in [0.25, 0.3) is 0 Å². The smallest absolute Gasteiger partial charge is 0.107 e. The fourth-order valence-corrected chi connectivity index (χ4v) is 1.50. The van der Waals surface area contributed by atoms with Gasteiger partial charge >= 0.3 is 0 Å². The van der Waals surface area contributed by atoms with Crippen LogP contribution in [0.25, 0.3) is 0 Å². The predicted octanol–water partition coefficient (Wildman–Crippen LogP) is 2.52. The van der Waals surface area contributed by atoms with Gasteiger partial charge < -0.3 is 4.74 Å². The lowest BCUT2D eigenvalue weighted by molar-refractivity contribution is 0.415. The zero-order valence-corrected chi connectivity index (χ0v) is 6.97. The summed E-state index contributed by atoms with van der Waals surface area (Å²) in [6.07, 6.45) is 0.357. The Hall–Kier alpha value is -0.340. The van der Waals surface area contributed by atoms with Crippen LogP contribution in [-0.4, -0.2) is 6.61 Å². The van der Waals surface area contributed by atoms with Gasteiger partial charge in [-0.05, 0) is 11.6 Å². The van der Waals surface area contributed by atoms with E-state index < -0.39 is 0 Å². The molecule has 1 nitrogen and oxygen atoms in total. The zero-order chi connectivity index (χ0) is 6.97. The number of hydrogen-bond acceptors (Lipinski definition) is 1. The van der Waals surface area contributed by atoms with Crippen LogP contribution in [0.15, 0.2) is 28.7 Å². The van der Waals surface area contributed by atoms with Crippen molar-refractivity contribution in [3.63, 3.8) is 0 Å². The molecule has 0 bridgehead atoms. The number of benzene rings is 1. The normalized spacial score (nSPS) is 22.7. The molecule has 1 aromatic rings. The van der Waals surface area contributed by atoms with Crippen LogP contribution in [0, 0.1) is 0 Å². The van der Waals surface area contributed by atoms with E-state index in [2.05, 4.69) is 22.0 Å². The van der Waals surface area contributed by atoms with Crippen LogP contribution >= 0.6 is 15.9 Å². The van der Waals surface area contributed by atoms with Gasteiger partial charge in [-0.2, -0.15) is 0 Å². The van der Waals surface area contributed by atoms with E-state index in [-0.39, 0.29) is 0 Å². The largest absolute Gasteiger partial charge is 0.368 e. The van der Waals surface area contributed by atoms with Crippen LogP contribution in [-0.2, 0) is 4.74 Å². The van der Waals surface area contributed by atoms with Crippen molar-refractivity contribution >= 4 is 15.9 Å². The van der Waals surface area contributed by atoms with E-state index in [1.807, 2.05) is 18.2 Å². The molecule has 1 aromatic carbocycles. The fraction of sp³-hybridized carbons (Fsp3) is 0.250. The molecule has 1 fully saturated rings. The van der Waals surface area contributed by atoms with E-state index in [0.29, 0.717) is 6.10 Å². The second-order valence-corrected chi connectivity index (χ2v) is 3.20. The third-order valence-corrected chi connectivity index (χ3v) is 2.31.